The van der Waals surface area contributed by atoms with Gasteiger partial charge in [-0.1, -0.05) is 19.9 Å². The molecule has 0 radical (unpaired) electrons. The van der Waals surface area contributed by atoms with Crippen molar-refractivity contribution in [3.63, 3.8) is 0 Å². The van der Waals surface area contributed by atoms with Crippen molar-refractivity contribution >= 4 is 16.8 Å². The Hall–Kier alpha value is -1.88. The molecule has 2 aromatic rings. The largest absolute Gasteiger partial charge is 0.337 e. The van der Waals surface area contributed by atoms with Gasteiger partial charge in [-0.15, -0.1) is 0 Å². The number of H-pyrrole nitrogens is 1. The zero-order valence-electron chi connectivity index (χ0n) is 11.9. The lowest BCUT2D eigenvalue weighted by Gasteiger charge is -2.25. The summed E-state index contributed by atoms with van der Waals surface area (Å²) in [4.78, 5) is 14.3. The number of nitrogens with one attached hydrogen (secondary N) is 1. The Morgan fingerprint density at radius 3 is 3.05 bits per heavy atom. The van der Waals surface area contributed by atoms with Crippen molar-refractivity contribution in [3.05, 3.63) is 29.5 Å². The zero-order chi connectivity index (χ0) is 14.3. The highest BCUT2D eigenvalue weighted by molar-refractivity contribution is 5.87. The maximum absolute atomic E-state index is 12.4. The van der Waals surface area contributed by atoms with Gasteiger partial charge in [0.15, 0.2) is 0 Å². The maximum Gasteiger partial charge on any atom is 0.240 e. The van der Waals surface area contributed by atoms with Crippen molar-refractivity contribution in [1.29, 1.82) is 0 Å². The highest BCUT2D eigenvalue weighted by Gasteiger charge is 2.28. The first kappa shape index (κ1) is 13.1. The topological polar surface area (TPSA) is 75.0 Å². The second kappa shape index (κ2) is 4.90. The summed E-state index contributed by atoms with van der Waals surface area (Å²) in [5, 5.41) is 8.18. The minimum atomic E-state index is -0.445. The summed E-state index contributed by atoms with van der Waals surface area (Å²) in [6, 6.07) is 3.62. The molecule has 0 aliphatic carbocycles. The molecule has 106 valence electrons. The highest BCUT2D eigenvalue weighted by atomic mass is 16.2. The Morgan fingerprint density at radius 2 is 2.30 bits per heavy atom. The summed E-state index contributed by atoms with van der Waals surface area (Å²) in [6.07, 6.45) is 2.44. The summed E-state index contributed by atoms with van der Waals surface area (Å²) in [5.41, 5.74) is 9.41. The first-order valence-corrected chi connectivity index (χ1v) is 7.04. The fourth-order valence-corrected chi connectivity index (χ4v) is 2.92. The molecule has 1 atom stereocenters. The fraction of sp³-hybridized carbons (Fsp3) is 0.467. The monoisotopic (exact) mass is 272 g/mol. The van der Waals surface area contributed by atoms with Crippen LogP contribution in [0.5, 0.6) is 0 Å². The van der Waals surface area contributed by atoms with Gasteiger partial charge < -0.3 is 10.6 Å². The van der Waals surface area contributed by atoms with Crippen LogP contribution in [0.3, 0.4) is 0 Å². The van der Waals surface area contributed by atoms with Crippen LogP contribution >= 0.6 is 0 Å². The lowest BCUT2D eigenvalue weighted by atomic mass is 9.99. The van der Waals surface area contributed by atoms with Crippen molar-refractivity contribution in [3.8, 4) is 0 Å². The second-order valence-electron chi connectivity index (χ2n) is 5.96. The maximum atomic E-state index is 12.4. The van der Waals surface area contributed by atoms with Crippen LogP contribution in [0.15, 0.2) is 18.3 Å². The van der Waals surface area contributed by atoms with Gasteiger partial charge >= 0.3 is 0 Å². The molecule has 0 bridgehead atoms. The van der Waals surface area contributed by atoms with Gasteiger partial charge in [-0.05, 0) is 29.5 Å². The van der Waals surface area contributed by atoms with Crippen LogP contribution in [-0.4, -0.2) is 33.6 Å². The predicted octanol–water partition coefficient (Wildman–Crippen LogP) is 1.43. The molecule has 3 rings (SSSR count). The summed E-state index contributed by atoms with van der Waals surface area (Å²) >= 11 is 0. The molecule has 0 fully saturated rings. The number of rotatable bonds is 2. The average molecular weight is 272 g/mol. The molecule has 0 saturated heterocycles. The molecule has 2 heterocycles. The van der Waals surface area contributed by atoms with Gasteiger partial charge in [0.25, 0.3) is 0 Å². The Balaban J connectivity index is 2.07. The molecule has 5 nitrogen and oxygen atoms in total. The zero-order valence-corrected chi connectivity index (χ0v) is 11.9. The first-order valence-electron chi connectivity index (χ1n) is 7.04. The number of carbonyl (C=O) groups excluding carboxylic acids is 1. The van der Waals surface area contributed by atoms with E-state index in [0.29, 0.717) is 18.9 Å². The van der Waals surface area contributed by atoms with Gasteiger partial charge in [0.2, 0.25) is 5.91 Å². The number of nitrogens with zero attached hydrogens (tertiary/aromatic N) is 2. The van der Waals surface area contributed by atoms with E-state index in [4.69, 9.17) is 5.73 Å². The van der Waals surface area contributed by atoms with E-state index in [9.17, 15) is 4.79 Å². The summed E-state index contributed by atoms with van der Waals surface area (Å²) in [5.74, 6) is 0.475. The molecule has 20 heavy (non-hydrogen) atoms. The normalized spacial score (nSPS) is 19.5. The van der Waals surface area contributed by atoms with E-state index in [0.717, 1.165) is 23.0 Å². The Morgan fingerprint density at radius 1 is 1.50 bits per heavy atom. The van der Waals surface area contributed by atoms with Crippen molar-refractivity contribution in [2.45, 2.75) is 32.9 Å². The number of hydrogen-bond acceptors (Lipinski definition) is 3. The molecule has 0 spiro atoms. The van der Waals surface area contributed by atoms with Gasteiger partial charge in [-0.25, -0.2) is 0 Å². The minimum Gasteiger partial charge on any atom is -0.337 e. The van der Waals surface area contributed by atoms with Crippen LogP contribution in [0.4, 0.5) is 0 Å². The van der Waals surface area contributed by atoms with Gasteiger partial charge in [0, 0.05) is 18.5 Å². The smallest absolute Gasteiger partial charge is 0.240 e. The molecule has 1 aliphatic rings. The number of nitrogens with two attached hydrogens (primary N) is 1. The summed E-state index contributed by atoms with van der Waals surface area (Å²) in [7, 11) is 0. The molecule has 0 saturated carbocycles. The number of benzene rings is 1. The molecule has 1 aromatic carbocycles. The van der Waals surface area contributed by atoms with E-state index < -0.39 is 6.04 Å². The Bertz CT molecular complexity index is 646. The van der Waals surface area contributed by atoms with Gasteiger partial charge in [0.05, 0.1) is 17.8 Å². The number of aromatic amines is 1. The van der Waals surface area contributed by atoms with Crippen LogP contribution in [0.25, 0.3) is 10.9 Å². The summed E-state index contributed by atoms with van der Waals surface area (Å²) in [6.45, 7) is 5.59. The lowest BCUT2D eigenvalue weighted by molar-refractivity contribution is -0.133. The number of fused-ring (bicyclic) bond motifs is 3. The highest BCUT2D eigenvalue weighted by Crippen LogP contribution is 2.26. The third-order valence-corrected chi connectivity index (χ3v) is 3.84. The minimum absolute atomic E-state index is 0.0477. The van der Waals surface area contributed by atoms with Crippen LogP contribution in [0.1, 0.15) is 25.0 Å². The van der Waals surface area contributed by atoms with E-state index in [2.05, 4.69) is 30.1 Å². The molecule has 5 heteroatoms. The standard InChI is InChI=1S/C15H20N4O/c1-9(2)7-19-8-12-10(5-13(16)15(19)20)3-4-14-11(12)6-17-18-14/h3-4,6,9,13H,5,7-8,16H2,1-2H3,(H,17,18). The number of carbonyl (C=O) groups is 1. The first-order chi connectivity index (χ1) is 9.56. The van der Waals surface area contributed by atoms with E-state index in [1.54, 1.807) is 0 Å². The van der Waals surface area contributed by atoms with Crippen molar-refractivity contribution in [2.75, 3.05) is 6.54 Å². The SMILES string of the molecule is CC(C)CN1Cc2c(ccc3[nH]ncc23)CC(N)C1=O. The van der Waals surface area contributed by atoms with Gasteiger partial charge in [-0.3, -0.25) is 9.89 Å². The van der Waals surface area contributed by atoms with E-state index in [1.165, 1.54) is 5.56 Å². The van der Waals surface area contributed by atoms with Gasteiger partial charge in [-0.2, -0.15) is 5.10 Å². The summed E-state index contributed by atoms with van der Waals surface area (Å²) < 4.78 is 0. The lowest BCUT2D eigenvalue weighted by Crippen LogP contribution is -2.44. The Labute approximate surface area is 118 Å². The number of aromatic nitrogens is 2. The third-order valence-electron chi connectivity index (χ3n) is 3.84. The molecule has 1 aliphatic heterocycles. The van der Waals surface area contributed by atoms with Crippen LogP contribution < -0.4 is 5.73 Å². The third kappa shape index (κ3) is 2.18. The van der Waals surface area contributed by atoms with Crippen molar-refractivity contribution in [1.82, 2.24) is 15.1 Å². The molecule has 1 aromatic heterocycles. The van der Waals surface area contributed by atoms with Crippen molar-refractivity contribution in [2.24, 2.45) is 11.7 Å². The molecule has 1 unspecified atom stereocenters. The Kier molecular flexibility index (Phi) is 3.22. The molecular weight excluding hydrogens is 252 g/mol. The van der Waals surface area contributed by atoms with E-state index >= 15 is 0 Å². The molecule has 3 N–H and O–H groups in total. The van der Waals surface area contributed by atoms with Gasteiger partial charge in [0.1, 0.15) is 0 Å². The molecular formula is C15H20N4O. The van der Waals surface area contributed by atoms with E-state index in [-0.39, 0.29) is 5.91 Å². The van der Waals surface area contributed by atoms with Crippen molar-refractivity contribution < 1.29 is 4.79 Å². The van der Waals surface area contributed by atoms with Crippen LogP contribution in [-0.2, 0) is 17.8 Å². The van der Waals surface area contributed by atoms with Crippen LogP contribution in [0, 0.1) is 5.92 Å². The fourth-order valence-electron chi connectivity index (χ4n) is 2.92. The average Bonchev–Trinajstić information content (AvgIpc) is 2.83. The van der Waals surface area contributed by atoms with E-state index in [1.807, 2.05) is 17.2 Å². The van der Waals surface area contributed by atoms with Crippen LogP contribution in [0.2, 0.25) is 0 Å². The second-order valence-corrected chi connectivity index (χ2v) is 5.96. The predicted molar refractivity (Wildman–Crippen MR) is 78.0 cm³/mol. The quantitative estimate of drug-likeness (QED) is 0.868. The number of amides is 1. The molecule has 1 amide bonds. The number of hydrogen-bond donors (Lipinski definition) is 2.